The van der Waals surface area contributed by atoms with Gasteiger partial charge in [-0.3, -0.25) is 4.90 Å². The Kier molecular flexibility index (Phi) is 4.79. The third-order valence-corrected chi connectivity index (χ3v) is 2.96. The van der Waals surface area contributed by atoms with E-state index in [1.165, 1.54) is 0 Å². The van der Waals surface area contributed by atoms with Crippen LogP contribution in [0.5, 0.6) is 0 Å². The molecule has 9 heteroatoms. The molecule has 0 aliphatic carbocycles. The maximum absolute atomic E-state index is 12.4. The van der Waals surface area contributed by atoms with Gasteiger partial charge in [-0.15, -0.1) is 5.10 Å². The van der Waals surface area contributed by atoms with Gasteiger partial charge in [-0.1, -0.05) is 23.7 Å². The van der Waals surface area contributed by atoms with Gasteiger partial charge in [-0.25, -0.2) is 4.68 Å². The van der Waals surface area contributed by atoms with E-state index < -0.39 is 12.7 Å². The lowest BCUT2D eigenvalue weighted by molar-refractivity contribution is -0.143. The van der Waals surface area contributed by atoms with Crippen LogP contribution in [0.25, 0.3) is 0 Å². The molecular formula is C12H13ClF3N5. The van der Waals surface area contributed by atoms with E-state index in [1.807, 2.05) is 17.0 Å². The average Bonchev–Trinajstić information content (AvgIpc) is 2.77. The smallest absolute Gasteiger partial charge is 0.295 e. The molecule has 2 rings (SSSR count). The van der Waals surface area contributed by atoms with Crippen molar-refractivity contribution in [2.24, 2.45) is 0 Å². The first-order chi connectivity index (χ1) is 9.83. The van der Waals surface area contributed by atoms with Crippen molar-refractivity contribution >= 4 is 11.6 Å². The summed E-state index contributed by atoms with van der Waals surface area (Å²) in [5.41, 5.74) is 0.997. The monoisotopic (exact) mass is 319 g/mol. The minimum absolute atomic E-state index is 0.170. The van der Waals surface area contributed by atoms with Crippen molar-refractivity contribution in [1.82, 2.24) is 25.1 Å². The largest absolute Gasteiger partial charge is 0.408 e. The van der Waals surface area contributed by atoms with Crippen LogP contribution in [0.15, 0.2) is 24.3 Å². The molecule has 5 nitrogen and oxygen atoms in total. The highest BCUT2D eigenvalue weighted by Crippen LogP contribution is 2.18. The lowest BCUT2D eigenvalue weighted by Gasteiger charge is -2.16. The normalized spacial score (nSPS) is 12.1. The van der Waals surface area contributed by atoms with Gasteiger partial charge in [0.05, 0.1) is 6.54 Å². The van der Waals surface area contributed by atoms with Crippen LogP contribution < -0.4 is 0 Å². The lowest BCUT2D eigenvalue weighted by atomic mass is 10.2. The summed E-state index contributed by atoms with van der Waals surface area (Å²) in [5.74, 6) is 0.170. The van der Waals surface area contributed by atoms with Crippen LogP contribution in [0, 0.1) is 0 Å². The molecule has 2 aromatic rings. The van der Waals surface area contributed by atoms with Crippen LogP contribution >= 0.6 is 11.6 Å². The second kappa shape index (κ2) is 6.40. The third kappa shape index (κ3) is 4.98. The number of aromatic nitrogens is 4. The molecule has 1 aromatic carbocycles. The molecule has 0 radical (unpaired) electrons. The van der Waals surface area contributed by atoms with E-state index in [0.29, 0.717) is 11.6 Å². The molecule has 0 unspecified atom stereocenters. The number of tetrazole rings is 1. The summed E-state index contributed by atoms with van der Waals surface area (Å²) in [6, 6.07) is 7.24. The van der Waals surface area contributed by atoms with Crippen molar-refractivity contribution in [2.45, 2.75) is 25.8 Å². The van der Waals surface area contributed by atoms with Crippen molar-refractivity contribution < 1.29 is 13.2 Å². The maximum Gasteiger partial charge on any atom is 0.408 e. The molecule has 21 heavy (non-hydrogen) atoms. The van der Waals surface area contributed by atoms with Crippen LogP contribution in [0.2, 0.25) is 5.02 Å². The first kappa shape index (κ1) is 15.7. The molecule has 0 saturated heterocycles. The first-order valence-electron chi connectivity index (χ1n) is 6.08. The fourth-order valence-electron chi connectivity index (χ4n) is 1.83. The summed E-state index contributed by atoms with van der Waals surface area (Å²) in [4.78, 5) is 1.82. The van der Waals surface area contributed by atoms with Gasteiger partial charge in [0.15, 0.2) is 5.82 Å². The van der Waals surface area contributed by atoms with Gasteiger partial charge < -0.3 is 0 Å². The zero-order valence-corrected chi connectivity index (χ0v) is 11.9. The van der Waals surface area contributed by atoms with Gasteiger partial charge >= 0.3 is 6.18 Å². The Labute approximate surface area is 124 Å². The zero-order chi connectivity index (χ0) is 15.5. The van der Waals surface area contributed by atoms with Crippen LogP contribution in [0.4, 0.5) is 13.2 Å². The second-order valence-electron chi connectivity index (χ2n) is 4.67. The zero-order valence-electron chi connectivity index (χ0n) is 11.2. The Balaban J connectivity index is 1.98. The van der Waals surface area contributed by atoms with E-state index >= 15 is 0 Å². The fraction of sp³-hybridized carbons (Fsp3) is 0.417. The molecule has 1 aromatic heterocycles. The minimum Gasteiger partial charge on any atom is -0.295 e. The van der Waals surface area contributed by atoms with Gasteiger partial charge in [-0.2, -0.15) is 13.2 Å². The van der Waals surface area contributed by atoms with E-state index in [1.54, 1.807) is 19.2 Å². The molecule has 0 N–H and O–H groups in total. The van der Waals surface area contributed by atoms with Crippen molar-refractivity contribution in [3.8, 4) is 0 Å². The molecule has 0 aliphatic rings. The van der Waals surface area contributed by atoms with E-state index in [-0.39, 0.29) is 12.4 Å². The molecule has 0 saturated carbocycles. The Morgan fingerprint density at radius 2 is 1.86 bits per heavy atom. The summed E-state index contributed by atoms with van der Waals surface area (Å²) in [6.45, 7) is -0.425. The number of halogens is 4. The number of hydrogen-bond acceptors (Lipinski definition) is 4. The van der Waals surface area contributed by atoms with E-state index in [0.717, 1.165) is 10.2 Å². The van der Waals surface area contributed by atoms with Crippen molar-refractivity contribution in [1.29, 1.82) is 0 Å². The van der Waals surface area contributed by atoms with Crippen LogP contribution in [0.3, 0.4) is 0 Å². The molecule has 114 valence electrons. The van der Waals surface area contributed by atoms with Gasteiger partial charge in [-0.05, 0) is 35.2 Å². The number of alkyl halides is 3. The van der Waals surface area contributed by atoms with Crippen molar-refractivity contribution in [3.63, 3.8) is 0 Å². The highest BCUT2D eigenvalue weighted by Gasteiger charge is 2.30. The Hall–Kier alpha value is -1.67. The van der Waals surface area contributed by atoms with Crippen molar-refractivity contribution in [2.75, 3.05) is 7.05 Å². The molecule has 0 fully saturated rings. The Morgan fingerprint density at radius 3 is 2.48 bits per heavy atom. The van der Waals surface area contributed by atoms with Gasteiger partial charge in [0, 0.05) is 11.6 Å². The lowest BCUT2D eigenvalue weighted by Crippen LogP contribution is -2.24. The molecule has 0 bridgehead atoms. The molecule has 0 spiro atoms. The number of nitrogens with zero attached hydrogens (tertiary/aromatic N) is 5. The second-order valence-corrected chi connectivity index (χ2v) is 5.10. The Bertz CT molecular complexity index is 581. The standard InChI is InChI=1S/C12H13ClF3N5/c1-20(6-9-2-4-10(13)5-3-9)7-11-17-18-19-21(11)8-12(14,15)16/h2-5H,6-8H2,1H3. The highest BCUT2D eigenvalue weighted by atomic mass is 35.5. The predicted octanol–water partition coefficient (Wildman–Crippen LogP) is 2.52. The summed E-state index contributed by atoms with van der Waals surface area (Å²) < 4.78 is 37.9. The average molecular weight is 320 g/mol. The first-order valence-corrected chi connectivity index (χ1v) is 6.46. The predicted molar refractivity (Wildman–Crippen MR) is 70.5 cm³/mol. The van der Waals surface area contributed by atoms with E-state index in [4.69, 9.17) is 11.6 Å². The van der Waals surface area contributed by atoms with Gasteiger partial charge in [0.2, 0.25) is 0 Å². The molecule has 0 atom stereocenters. The molecule has 0 amide bonds. The summed E-state index contributed by atoms with van der Waals surface area (Å²) >= 11 is 5.80. The van der Waals surface area contributed by atoms with Crippen LogP contribution in [-0.2, 0) is 19.6 Å². The fourth-order valence-corrected chi connectivity index (χ4v) is 1.95. The topological polar surface area (TPSA) is 46.8 Å². The molecule has 0 aliphatic heterocycles. The van der Waals surface area contributed by atoms with Crippen LogP contribution in [-0.4, -0.2) is 38.3 Å². The van der Waals surface area contributed by atoms with Gasteiger partial charge in [0.25, 0.3) is 0 Å². The van der Waals surface area contributed by atoms with Crippen molar-refractivity contribution in [3.05, 3.63) is 40.7 Å². The highest BCUT2D eigenvalue weighted by molar-refractivity contribution is 6.30. The van der Waals surface area contributed by atoms with Gasteiger partial charge in [0.1, 0.15) is 6.54 Å². The summed E-state index contributed by atoms with van der Waals surface area (Å²) in [5, 5.41) is 10.9. The van der Waals surface area contributed by atoms with E-state index in [2.05, 4.69) is 15.5 Å². The number of rotatable bonds is 5. The quantitative estimate of drug-likeness (QED) is 0.849. The number of hydrogen-bond donors (Lipinski definition) is 0. The summed E-state index contributed by atoms with van der Waals surface area (Å²) in [6.07, 6.45) is -4.35. The summed E-state index contributed by atoms with van der Waals surface area (Å²) in [7, 11) is 1.78. The van der Waals surface area contributed by atoms with Crippen LogP contribution in [0.1, 0.15) is 11.4 Å². The maximum atomic E-state index is 12.4. The number of benzene rings is 1. The Morgan fingerprint density at radius 1 is 1.19 bits per heavy atom. The van der Waals surface area contributed by atoms with E-state index in [9.17, 15) is 13.2 Å². The SMILES string of the molecule is CN(Cc1ccc(Cl)cc1)Cc1nnnn1CC(F)(F)F. The molecular weight excluding hydrogens is 307 g/mol. The third-order valence-electron chi connectivity index (χ3n) is 2.71. The molecule has 1 heterocycles. The minimum atomic E-state index is -4.35.